The van der Waals surface area contributed by atoms with Crippen LogP contribution in [0.3, 0.4) is 0 Å². The molecule has 0 spiro atoms. The number of fused-ring (bicyclic) bond motifs is 1. The molecule has 6 nitrogen and oxygen atoms in total. The molecule has 24 heavy (non-hydrogen) atoms. The van der Waals surface area contributed by atoms with Crippen molar-refractivity contribution in [2.24, 2.45) is 0 Å². The molecule has 1 aliphatic rings. The van der Waals surface area contributed by atoms with Gasteiger partial charge in [0.25, 0.3) is 0 Å². The number of benzene rings is 2. The number of morpholine rings is 1. The normalized spacial score (nSPS) is 16.5. The maximum Gasteiger partial charge on any atom is 0.244 e. The van der Waals surface area contributed by atoms with E-state index in [1.807, 2.05) is 12.1 Å². The topological polar surface area (TPSA) is 78.9 Å². The highest BCUT2D eigenvalue weighted by atomic mass is 32.2. The van der Waals surface area contributed by atoms with Crippen molar-refractivity contribution in [1.82, 2.24) is 9.62 Å². The molecule has 0 unspecified atom stereocenters. The van der Waals surface area contributed by atoms with Gasteiger partial charge < -0.3 is 9.84 Å². The smallest absolute Gasteiger partial charge is 0.244 e. The summed E-state index contributed by atoms with van der Waals surface area (Å²) >= 11 is 0. The summed E-state index contributed by atoms with van der Waals surface area (Å²) in [5.74, 6) is -0.200. The highest BCUT2D eigenvalue weighted by Crippen LogP contribution is 2.31. The van der Waals surface area contributed by atoms with Gasteiger partial charge in [-0.2, -0.15) is 0 Å². The molecule has 7 heteroatoms. The van der Waals surface area contributed by atoms with Crippen LogP contribution in [0.4, 0.5) is 0 Å². The van der Waals surface area contributed by atoms with Crippen molar-refractivity contribution in [1.29, 1.82) is 0 Å². The number of rotatable bonds is 6. The monoisotopic (exact) mass is 350 g/mol. The Hall–Kier alpha value is -1.67. The van der Waals surface area contributed by atoms with E-state index in [1.54, 1.807) is 18.2 Å². The van der Waals surface area contributed by atoms with Crippen LogP contribution >= 0.6 is 0 Å². The molecule has 2 aromatic carbocycles. The Labute approximate surface area is 142 Å². The van der Waals surface area contributed by atoms with Gasteiger partial charge in [-0.1, -0.05) is 30.3 Å². The summed E-state index contributed by atoms with van der Waals surface area (Å²) in [5.41, 5.74) is 0. The summed E-state index contributed by atoms with van der Waals surface area (Å²) in [6.07, 6.45) is 0.716. The summed E-state index contributed by atoms with van der Waals surface area (Å²) in [6.45, 7) is 4.41. The fourth-order valence-corrected chi connectivity index (χ4v) is 4.04. The third kappa shape index (κ3) is 3.87. The van der Waals surface area contributed by atoms with Gasteiger partial charge in [0.05, 0.1) is 13.2 Å². The number of aromatic hydroxyl groups is 1. The number of nitrogens with one attached hydrogen (secondary N) is 1. The summed E-state index contributed by atoms with van der Waals surface area (Å²) in [5, 5.41) is 11.6. The standard InChI is InChI=1S/C17H22N2O4S/c20-17-15-5-2-1-4-14(15)6-7-16(17)24(21,22)18-8-3-9-19-10-12-23-13-11-19/h1-2,4-7,18,20H,3,8-13H2. The SMILES string of the molecule is O=S(=O)(NCCCN1CCOCC1)c1ccc2ccccc2c1O. The third-order valence-electron chi connectivity index (χ3n) is 4.20. The second-order valence-corrected chi connectivity index (χ2v) is 7.57. The number of phenolic OH excluding ortho intramolecular Hbond substituents is 1. The predicted octanol–water partition coefficient (Wildman–Crippen LogP) is 1.55. The van der Waals surface area contributed by atoms with Crippen LogP contribution in [0.5, 0.6) is 5.75 Å². The molecule has 1 fully saturated rings. The first-order valence-electron chi connectivity index (χ1n) is 8.08. The van der Waals surface area contributed by atoms with E-state index in [4.69, 9.17) is 4.74 Å². The van der Waals surface area contributed by atoms with Crippen LogP contribution in [0.15, 0.2) is 41.3 Å². The van der Waals surface area contributed by atoms with Gasteiger partial charge in [0.1, 0.15) is 10.6 Å². The number of hydrogen-bond donors (Lipinski definition) is 2. The van der Waals surface area contributed by atoms with Crippen LogP contribution < -0.4 is 4.72 Å². The second-order valence-electron chi connectivity index (χ2n) is 5.84. The predicted molar refractivity (Wildman–Crippen MR) is 92.7 cm³/mol. The summed E-state index contributed by atoms with van der Waals surface area (Å²) in [4.78, 5) is 2.18. The zero-order chi connectivity index (χ0) is 17.0. The Morgan fingerprint density at radius 2 is 1.88 bits per heavy atom. The van der Waals surface area contributed by atoms with Crippen molar-refractivity contribution in [3.8, 4) is 5.75 Å². The quantitative estimate of drug-likeness (QED) is 0.773. The number of nitrogens with zero attached hydrogens (tertiary/aromatic N) is 1. The number of ether oxygens (including phenoxy) is 1. The maximum atomic E-state index is 12.4. The van der Waals surface area contributed by atoms with Gasteiger partial charge in [0, 0.05) is 25.0 Å². The van der Waals surface area contributed by atoms with Gasteiger partial charge in [-0.3, -0.25) is 4.90 Å². The molecule has 2 N–H and O–H groups in total. The molecule has 0 saturated carbocycles. The Balaban J connectivity index is 1.63. The molecule has 0 aliphatic carbocycles. The summed E-state index contributed by atoms with van der Waals surface area (Å²) in [7, 11) is -3.73. The van der Waals surface area contributed by atoms with Crippen LogP contribution in [0.2, 0.25) is 0 Å². The third-order valence-corrected chi connectivity index (χ3v) is 5.69. The minimum Gasteiger partial charge on any atom is -0.506 e. The first-order valence-corrected chi connectivity index (χ1v) is 9.57. The molecule has 0 amide bonds. The summed E-state index contributed by atoms with van der Waals surface area (Å²) < 4.78 is 32.7. The van der Waals surface area contributed by atoms with E-state index in [-0.39, 0.29) is 10.6 Å². The maximum absolute atomic E-state index is 12.4. The largest absolute Gasteiger partial charge is 0.506 e. The Morgan fingerprint density at radius 1 is 1.12 bits per heavy atom. The molecule has 1 aliphatic heterocycles. The lowest BCUT2D eigenvalue weighted by atomic mass is 10.1. The van der Waals surface area contributed by atoms with Gasteiger partial charge in [0.15, 0.2) is 0 Å². The average molecular weight is 350 g/mol. The van der Waals surface area contributed by atoms with Crippen LogP contribution in [-0.2, 0) is 14.8 Å². The van der Waals surface area contributed by atoms with Crippen LogP contribution in [-0.4, -0.2) is 57.8 Å². The van der Waals surface area contributed by atoms with E-state index >= 15 is 0 Å². The molecular weight excluding hydrogens is 328 g/mol. The van der Waals surface area contributed by atoms with Crippen LogP contribution in [0.25, 0.3) is 10.8 Å². The van der Waals surface area contributed by atoms with Crippen molar-refractivity contribution >= 4 is 20.8 Å². The molecular formula is C17H22N2O4S. The van der Waals surface area contributed by atoms with E-state index in [0.29, 0.717) is 18.4 Å². The Bertz CT molecular complexity index is 801. The second kappa shape index (κ2) is 7.48. The van der Waals surface area contributed by atoms with Crippen molar-refractivity contribution in [3.05, 3.63) is 36.4 Å². The number of phenols is 1. The molecule has 1 heterocycles. The van der Waals surface area contributed by atoms with E-state index in [1.165, 1.54) is 6.07 Å². The van der Waals surface area contributed by atoms with Gasteiger partial charge >= 0.3 is 0 Å². The van der Waals surface area contributed by atoms with Gasteiger partial charge in [-0.15, -0.1) is 0 Å². The number of hydrogen-bond acceptors (Lipinski definition) is 5. The Morgan fingerprint density at radius 3 is 2.67 bits per heavy atom. The van der Waals surface area contributed by atoms with Gasteiger partial charge in [0.2, 0.25) is 10.0 Å². The molecule has 0 bridgehead atoms. The molecule has 0 atom stereocenters. The molecule has 3 rings (SSSR count). The molecule has 2 aromatic rings. The zero-order valence-corrected chi connectivity index (χ0v) is 14.3. The highest BCUT2D eigenvalue weighted by Gasteiger charge is 2.20. The van der Waals surface area contributed by atoms with Crippen molar-refractivity contribution < 1.29 is 18.3 Å². The van der Waals surface area contributed by atoms with Gasteiger partial charge in [-0.05, 0) is 24.4 Å². The first-order chi connectivity index (χ1) is 11.6. The lowest BCUT2D eigenvalue weighted by Crippen LogP contribution is -2.38. The molecule has 0 aromatic heterocycles. The molecule has 0 radical (unpaired) electrons. The minimum atomic E-state index is -3.73. The van der Waals surface area contributed by atoms with E-state index < -0.39 is 10.0 Å². The van der Waals surface area contributed by atoms with E-state index in [2.05, 4.69) is 9.62 Å². The van der Waals surface area contributed by atoms with Crippen LogP contribution in [0, 0.1) is 0 Å². The number of sulfonamides is 1. The summed E-state index contributed by atoms with van der Waals surface area (Å²) in [6, 6.07) is 10.3. The minimum absolute atomic E-state index is 0.0763. The van der Waals surface area contributed by atoms with Crippen molar-refractivity contribution in [2.75, 3.05) is 39.4 Å². The molecule has 130 valence electrons. The Kier molecular flexibility index (Phi) is 5.35. The van der Waals surface area contributed by atoms with Crippen molar-refractivity contribution in [3.63, 3.8) is 0 Å². The van der Waals surface area contributed by atoms with Crippen LogP contribution in [0.1, 0.15) is 6.42 Å². The van der Waals surface area contributed by atoms with Crippen molar-refractivity contribution in [2.45, 2.75) is 11.3 Å². The lowest BCUT2D eigenvalue weighted by molar-refractivity contribution is 0.0376. The lowest BCUT2D eigenvalue weighted by Gasteiger charge is -2.26. The van der Waals surface area contributed by atoms with Gasteiger partial charge in [-0.25, -0.2) is 13.1 Å². The fourth-order valence-electron chi connectivity index (χ4n) is 2.86. The highest BCUT2D eigenvalue weighted by molar-refractivity contribution is 7.89. The zero-order valence-electron chi connectivity index (χ0n) is 13.4. The fraction of sp³-hybridized carbons (Fsp3) is 0.412. The van der Waals surface area contributed by atoms with E-state index in [9.17, 15) is 13.5 Å². The first kappa shape index (κ1) is 17.2. The molecule has 1 saturated heterocycles. The van der Waals surface area contributed by atoms with E-state index in [0.717, 1.165) is 38.2 Å². The average Bonchev–Trinajstić information content (AvgIpc) is 2.60.